The number of unbranched alkanes of at least 4 members (excludes halogenated alkanes) is 33. The van der Waals surface area contributed by atoms with Crippen LogP contribution in [0, 0.1) is 0 Å². The van der Waals surface area contributed by atoms with Crippen molar-refractivity contribution >= 4 is 5.91 Å². The molecular weight excluding hydrogens is 715 g/mol. The third kappa shape index (κ3) is 42.7. The molecule has 3 atom stereocenters. The number of allylic oxidation sites excluding steroid dienone is 6. The van der Waals surface area contributed by atoms with Gasteiger partial charge in [0.25, 0.3) is 0 Å². The Labute approximate surface area is 362 Å². The van der Waals surface area contributed by atoms with Crippen molar-refractivity contribution < 1.29 is 20.1 Å². The molecule has 3 unspecified atom stereocenters. The quantitative estimate of drug-likeness (QED) is 0.0364. The Morgan fingerprint density at radius 3 is 1.12 bits per heavy atom. The van der Waals surface area contributed by atoms with Crippen molar-refractivity contribution in [2.75, 3.05) is 6.61 Å². The minimum Gasteiger partial charge on any atom is -0.394 e. The van der Waals surface area contributed by atoms with Gasteiger partial charge < -0.3 is 20.6 Å². The van der Waals surface area contributed by atoms with E-state index >= 15 is 0 Å². The van der Waals surface area contributed by atoms with Gasteiger partial charge in [0, 0.05) is 6.42 Å². The maximum Gasteiger partial charge on any atom is 0.220 e. The normalized spacial score (nSPS) is 13.7. The van der Waals surface area contributed by atoms with Gasteiger partial charge in [-0.3, -0.25) is 4.79 Å². The molecule has 0 aliphatic heterocycles. The van der Waals surface area contributed by atoms with E-state index in [4.69, 9.17) is 0 Å². The van der Waals surface area contributed by atoms with Crippen molar-refractivity contribution in [1.29, 1.82) is 0 Å². The molecule has 4 N–H and O–H groups in total. The highest BCUT2D eigenvalue weighted by Crippen LogP contribution is 2.16. The zero-order valence-corrected chi connectivity index (χ0v) is 38.9. The molecule has 5 heteroatoms. The first kappa shape index (κ1) is 56.6. The van der Waals surface area contributed by atoms with Gasteiger partial charge in [-0.05, 0) is 70.6 Å². The fourth-order valence-electron chi connectivity index (χ4n) is 7.96. The topological polar surface area (TPSA) is 89.8 Å². The molecule has 5 nitrogen and oxygen atoms in total. The van der Waals surface area contributed by atoms with E-state index in [1.165, 1.54) is 199 Å². The number of hydrogen-bond donors (Lipinski definition) is 4. The van der Waals surface area contributed by atoms with E-state index < -0.39 is 18.2 Å². The summed E-state index contributed by atoms with van der Waals surface area (Å²) in [5.74, 6) is -0.154. The van der Waals surface area contributed by atoms with Crippen LogP contribution in [0.4, 0.5) is 0 Å². The first-order valence-electron chi connectivity index (χ1n) is 25.8. The molecule has 342 valence electrons. The van der Waals surface area contributed by atoms with E-state index in [1.54, 1.807) is 0 Å². The standard InChI is InChI=1S/C53H101NO4/c1-3-5-7-9-11-13-14-15-16-17-18-19-20-21-22-23-24-25-26-27-28-29-30-31-32-33-34-35-36-37-38-40-42-44-46-48-52(57)54-50(49-55)53(58)51(56)47-45-43-41-39-12-10-8-6-4-2/h20-21,23-24,39,41,50-51,53,55-56,58H,3-19,22,25-38,40,42-49H2,1-2H3,(H,54,57)/b21-20-,24-23-,41-39+. The Morgan fingerprint density at radius 1 is 0.431 bits per heavy atom. The molecule has 1 amide bonds. The van der Waals surface area contributed by atoms with E-state index in [0.717, 1.165) is 44.9 Å². The average Bonchev–Trinajstić information content (AvgIpc) is 3.23. The van der Waals surface area contributed by atoms with E-state index in [2.05, 4.69) is 55.6 Å². The van der Waals surface area contributed by atoms with Gasteiger partial charge in [0.1, 0.15) is 6.10 Å². The summed E-state index contributed by atoms with van der Waals surface area (Å²) in [6.45, 7) is 4.13. The smallest absolute Gasteiger partial charge is 0.220 e. The van der Waals surface area contributed by atoms with E-state index in [-0.39, 0.29) is 12.5 Å². The number of carbonyl (C=O) groups excluding carboxylic acids is 1. The largest absolute Gasteiger partial charge is 0.394 e. The van der Waals surface area contributed by atoms with Crippen LogP contribution >= 0.6 is 0 Å². The lowest BCUT2D eigenvalue weighted by molar-refractivity contribution is -0.124. The maximum absolute atomic E-state index is 12.4. The summed E-state index contributed by atoms with van der Waals surface area (Å²) in [6, 6.07) is -0.823. The Hall–Kier alpha value is -1.43. The highest BCUT2D eigenvalue weighted by molar-refractivity contribution is 5.76. The van der Waals surface area contributed by atoms with Crippen molar-refractivity contribution in [3.63, 3.8) is 0 Å². The lowest BCUT2D eigenvalue weighted by atomic mass is 10.0. The number of hydrogen-bond acceptors (Lipinski definition) is 4. The summed E-state index contributed by atoms with van der Waals surface area (Å²) in [7, 11) is 0. The number of aliphatic hydroxyl groups excluding tert-OH is 3. The first-order valence-corrected chi connectivity index (χ1v) is 25.8. The summed E-state index contributed by atoms with van der Waals surface area (Å²) in [4.78, 5) is 12.4. The van der Waals surface area contributed by atoms with Gasteiger partial charge >= 0.3 is 0 Å². The fourth-order valence-corrected chi connectivity index (χ4v) is 7.96. The third-order valence-electron chi connectivity index (χ3n) is 12.0. The van der Waals surface area contributed by atoms with Gasteiger partial charge in [0.2, 0.25) is 5.91 Å². The molecular formula is C53H101NO4. The molecule has 0 fully saturated rings. The number of amides is 1. The Morgan fingerprint density at radius 2 is 0.741 bits per heavy atom. The molecule has 0 aromatic carbocycles. The Balaban J connectivity index is 3.46. The summed E-state index contributed by atoms with van der Waals surface area (Å²) in [5.41, 5.74) is 0. The van der Waals surface area contributed by atoms with Crippen LogP contribution in [0.25, 0.3) is 0 Å². The van der Waals surface area contributed by atoms with Crippen LogP contribution in [0.1, 0.15) is 271 Å². The minimum atomic E-state index is -1.16. The summed E-state index contributed by atoms with van der Waals surface area (Å²) >= 11 is 0. The minimum absolute atomic E-state index is 0.154. The molecule has 0 saturated carbocycles. The highest BCUT2D eigenvalue weighted by atomic mass is 16.3. The molecule has 0 heterocycles. The van der Waals surface area contributed by atoms with Crippen LogP contribution in [-0.2, 0) is 4.79 Å². The van der Waals surface area contributed by atoms with Crippen LogP contribution < -0.4 is 5.32 Å². The maximum atomic E-state index is 12.4. The average molecular weight is 816 g/mol. The molecule has 58 heavy (non-hydrogen) atoms. The van der Waals surface area contributed by atoms with Crippen molar-refractivity contribution in [3.05, 3.63) is 36.5 Å². The fraction of sp³-hybridized carbons (Fsp3) is 0.868. The molecule has 0 spiro atoms. The Kier molecular flexibility index (Phi) is 47.0. The first-order chi connectivity index (χ1) is 28.6. The van der Waals surface area contributed by atoms with Crippen LogP contribution in [-0.4, -0.2) is 46.1 Å². The molecule has 0 aromatic heterocycles. The summed E-state index contributed by atoms with van der Waals surface area (Å²) in [6.07, 6.45) is 61.7. The number of carbonyl (C=O) groups is 1. The zero-order chi connectivity index (χ0) is 42.3. The summed E-state index contributed by atoms with van der Waals surface area (Å²) in [5, 5.41) is 33.4. The van der Waals surface area contributed by atoms with E-state index in [9.17, 15) is 20.1 Å². The molecule has 0 rings (SSSR count). The van der Waals surface area contributed by atoms with Crippen molar-refractivity contribution in [2.24, 2.45) is 0 Å². The number of aliphatic hydroxyl groups is 3. The van der Waals surface area contributed by atoms with Crippen LogP contribution in [0.15, 0.2) is 36.5 Å². The molecule has 0 aromatic rings. The molecule has 0 radical (unpaired) electrons. The van der Waals surface area contributed by atoms with Crippen molar-refractivity contribution in [2.45, 2.75) is 289 Å². The van der Waals surface area contributed by atoms with Gasteiger partial charge in [-0.15, -0.1) is 0 Å². The van der Waals surface area contributed by atoms with E-state index in [0.29, 0.717) is 12.8 Å². The second kappa shape index (κ2) is 48.2. The van der Waals surface area contributed by atoms with Crippen LogP contribution in [0.3, 0.4) is 0 Å². The Bertz CT molecular complexity index is 901. The van der Waals surface area contributed by atoms with Crippen molar-refractivity contribution in [1.82, 2.24) is 5.32 Å². The van der Waals surface area contributed by atoms with E-state index in [1.807, 2.05) is 0 Å². The van der Waals surface area contributed by atoms with Crippen LogP contribution in [0.5, 0.6) is 0 Å². The van der Waals surface area contributed by atoms with Crippen LogP contribution in [0.2, 0.25) is 0 Å². The van der Waals surface area contributed by atoms with Gasteiger partial charge in [-0.25, -0.2) is 0 Å². The molecule has 0 saturated heterocycles. The van der Waals surface area contributed by atoms with Gasteiger partial charge in [-0.1, -0.05) is 230 Å². The SMILES string of the molecule is CCCCCC/C=C/CCCC(O)C(O)C(CO)NC(=O)CCCCCCCCCCCCCCCCCCC/C=C\C/C=C\CCCCCCCCCCCCC. The van der Waals surface area contributed by atoms with Crippen molar-refractivity contribution in [3.8, 4) is 0 Å². The number of nitrogens with one attached hydrogen (secondary N) is 1. The lowest BCUT2D eigenvalue weighted by Crippen LogP contribution is -2.50. The molecule has 0 aliphatic carbocycles. The molecule has 0 aliphatic rings. The third-order valence-corrected chi connectivity index (χ3v) is 12.0. The zero-order valence-electron chi connectivity index (χ0n) is 38.9. The van der Waals surface area contributed by atoms with Gasteiger partial charge in [0.05, 0.1) is 18.8 Å². The molecule has 0 bridgehead atoms. The monoisotopic (exact) mass is 816 g/mol. The number of rotatable bonds is 47. The highest BCUT2D eigenvalue weighted by Gasteiger charge is 2.26. The second-order valence-electron chi connectivity index (χ2n) is 17.7. The lowest BCUT2D eigenvalue weighted by Gasteiger charge is -2.26. The van der Waals surface area contributed by atoms with Gasteiger partial charge in [-0.2, -0.15) is 0 Å². The predicted octanol–water partition coefficient (Wildman–Crippen LogP) is 15.5. The summed E-state index contributed by atoms with van der Waals surface area (Å²) < 4.78 is 0. The van der Waals surface area contributed by atoms with Gasteiger partial charge in [0.15, 0.2) is 0 Å². The predicted molar refractivity (Wildman–Crippen MR) is 254 cm³/mol. The second-order valence-corrected chi connectivity index (χ2v) is 17.7.